The largest absolute Gasteiger partial charge is 0.488 e. The molecule has 5 rings (SSSR count). The Bertz CT molecular complexity index is 1230. The molecule has 1 unspecified atom stereocenters. The summed E-state index contributed by atoms with van der Waals surface area (Å²) in [5.74, 6) is 1.51. The number of ether oxygens (including phenoxy) is 1. The van der Waals surface area contributed by atoms with Gasteiger partial charge in [0.25, 0.3) is 11.8 Å². The molecule has 0 aliphatic carbocycles. The third kappa shape index (κ3) is 3.87. The quantitative estimate of drug-likeness (QED) is 0.480. The maximum absolute atomic E-state index is 12.8. The van der Waals surface area contributed by atoms with Crippen LogP contribution in [0.15, 0.2) is 65.2 Å². The lowest BCUT2D eigenvalue weighted by Crippen LogP contribution is -2.31. The molecule has 0 bridgehead atoms. The molecule has 3 heterocycles. The number of benzene rings is 2. The van der Waals surface area contributed by atoms with Crippen molar-refractivity contribution in [3.63, 3.8) is 0 Å². The Morgan fingerprint density at radius 1 is 1.12 bits per heavy atom. The molecule has 1 fully saturated rings. The second-order valence-corrected chi connectivity index (χ2v) is 7.86. The lowest BCUT2D eigenvalue weighted by molar-refractivity contribution is 0.0766. The second-order valence-electron chi connectivity index (χ2n) is 7.86. The van der Waals surface area contributed by atoms with Crippen LogP contribution in [-0.4, -0.2) is 49.9 Å². The molecule has 0 spiro atoms. The molecule has 1 amide bonds. The number of hydrogen-bond donors (Lipinski definition) is 0. The highest BCUT2D eigenvalue weighted by molar-refractivity contribution is 5.92. The Morgan fingerprint density at radius 3 is 2.69 bits per heavy atom. The Balaban J connectivity index is 1.31. The number of likely N-dealkylation sites (tertiary alicyclic amines) is 1. The molecule has 8 heteroatoms. The summed E-state index contributed by atoms with van der Waals surface area (Å²) in [6.07, 6.45) is 0.617. The SMILES string of the molecule is Cc1cc(C(=O)N2CCC(Oc3ccccc3-c3nc(-c4ccccc4)no3)C2)nn1C. The van der Waals surface area contributed by atoms with E-state index in [2.05, 4.69) is 15.2 Å². The molecule has 162 valence electrons. The Hall–Kier alpha value is -3.94. The van der Waals surface area contributed by atoms with Crippen molar-refractivity contribution in [2.45, 2.75) is 19.4 Å². The fourth-order valence-electron chi connectivity index (χ4n) is 3.80. The number of carbonyl (C=O) groups is 1. The van der Waals surface area contributed by atoms with Gasteiger partial charge in [-0.15, -0.1) is 0 Å². The van der Waals surface area contributed by atoms with Crippen molar-refractivity contribution in [1.82, 2.24) is 24.8 Å². The van der Waals surface area contributed by atoms with Gasteiger partial charge in [0.05, 0.1) is 12.1 Å². The highest BCUT2D eigenvalue weighted by Gasteiger charge is 2.30. The van der Waals surface area contributed by atoms with E-state index in [0.29, 0.717) is 36.2 Å². The molecular formula is C24H23N5O3. The summed E-state index contributed by atoms with van der Waals surface area (Å²) in [6.45, 7) is 3.05. The van der Waals surface area contributed by atoms with Crippen molar-refractivity contribution >= 4 is 5.91 Å². The minimum Gasteiger partial charge on any atom is -0.488 e. The van der Waals surface area contributed by atoms with E-state index in [0.717, 1.165) is 23.2 Å². The van der Waals surface area contributed by atoms with Gasteiger partial charge in [0, 0.05) is 31.3 Å². The molecule has 8 nitrogen and oxygen atoms in total. The van der Waals surface area contributed by atoms with Gasteiger partial charge in [0.1, 0.15) is 11.9 Å². The Labute approximate surface area is 185 Å². The first-order valence-electron chi connectivity index (χ1n) is 10.5. The summed E-state index contributed by atoms with van der Waals surface area (Å²) in [5.41, 5.74) is 3.02. The molecule has 0 radical (unpaired) electrons. The number of amides is 1. The topological polar surface area (TPSA) is 86.3 Å². The molecule has 32 heavy (non-hydrogen) atoms. The number of carbonyl (C=O) groups excluding carboxylic acids is 1. The van der Waals surface area contributed by atoms with Gasteiger partial charge >= 0.3 is 0 Å². The summed E-state index contributed by atoms with van der Waals surface area (Å²) >= 11 is 0. The summed E-state index contributed by atoms with van der Waals surface area (Å²) in [4.78, 5) is 19.1. The molecule has 4 aromatic rings. The fraction of sp³-hybridized carbons (Fsp3) is 0.250. The molecule has 1 aliphatic rings. The van der Waals surface area contributed by atoms with Crippen LogP contribution in [0.25, 0.3) is 22.8 Å². The number of para-hydroxylation sites is 1. The highest BCUT2D eigenvalue weighted by atomic mass is 16.5. The molecule has 2 aromatic carbocycles. The van der Waals surface area contributed by atoms with Gasteiger partial charge in [-0.3, -0.25) is 9.48 Å². The van der Waals surface area contributed by atoms with E-state index in [9.17, 15) is 4.79 Å². The van der Waals surface area contributed by atoms with Gasteiger partial charge in [-0.25, -0.2) is 0 Å². The van der Waals surface area contributed by atoms with Gasteiger partial charge in [-0.05, 0) is 25.1 Å². The highest BCUT2D eigenvalue weighted by Crippen LogP contribution is 2.32. The minimum absolute atomic E-state index is 0.0718. The smallest absolute Gasteiger partial charge is 0.274 e. The van der Waals surface area contributed by atoms with Crippen LogP contribution in [0.3, 0.4) is 0 Å². The van der Waals surface area contributed by atoms with Crippen molar-refractivity contribution in [3.8, 4) is 28.6 Å². The van der Waals surface area contributed by atoms with Crippen molar-refractivity contribution in [1.29, 1.82) is 0 Å². The molecule has 1 aliphatic heterocycles. The molecule has 0 saturated carbocycles. The van der Waals surface area contributed by atoms with Crippen molar-refractivity contribution in [3.05, 3.63) is 72.1 Å². The standard InChI is InChI=1S/C24H23N5O3/c1-16-14-20(26-28(16)2)24(30)29-13-12-18(15-29)31-21-11-7-6-10-19(21)23-25-22(27-32-23)17-8-4-3-5-9-17/h3-11,14,18H,12-13,15H2,1-2H3. The van der Waals surface area contributed by atoms with Gasteiger partial charge < -0.3 is 14.2 Å². The average Bonchev–Trinajstić information content (AvgIpc) is 3.55. The second kappa shape index (κ2) is 8.30. The lowest BCUT2D eigenvalue weighted by atomic mass is 10.2. The predicted molar refractivity (Wildman–Crippen MR) is 118 cm³/mol. The number of nitrogens with zero attached hydrogens (tertiary/aromatic N) is 5. The minimum atomic E-state index is -0.124. The third-order valence-corrected chi connectivity index (χ3v) is 5.63. The van der Waals surface area contributed by atoms with E-state index in [-0.39, 0.29) is 12.0 Å². The fourth-order valence-corrected chi connectivity index (χ4v) is 3.80. The van der Waals surface area contributed by atoms with Crippen LogP contribution in [-0.2, 0) is 7.05 Å². The third-order valence-electron chi connectivity index (χ3n) is 5.63. The van der Waals surface area contributed by atoms with E-state index in [4.69, 9.17) is 9.26 Å². The van der Waals surface area contributed by atoms with Gasteiger partial charge in [0.15, 0.2) is 5.69 Å². The van der Waals surface area contributed by atoms with E-state index >= 15 is 0 Å². The monoisotopic (exact) mass is 429 g/mol. The first-order valence-corrected chi connectivity index (χ1v) is 10.5. The van der Waals surface area contributed by atoms with Crippen LogP contribution in [0, 0.1) is 6.92 Å². The van der Waals surface area contributed by atoms with Gasteiger partial charge in [0.2, 0.25) is 5.82 Å². The van der Waals surface area contributed by atoms with Gasteiger partial charge in [-0.2, -0.15) is 10.1 Å². The normalized spacial score (nSPS) is 15.8. The summed E-state index contributed by atoms with van der Waals surface area (Å²) in [5, 5.41) is 8.41. The van der Waals surface area contributed by atoms with Crippen LogP contribution < -0.4 is 4.74 Å². The number of hydrogen-bond acceptors (Lipinski definition) is 6. The zero-order valence-corrected chi connectivity index (χ0v) is 17.9. The number of aromatic nitrogens is 4. The Morgan fingerprint density at radius 2 is 1.91 bits per heavy atom. The van der Waals surface area contributed by atoms with Crippen molar-refractivity contribution in [2.24, 2.45) is 7.05 Å². The zero-order chi connectivity index (χ0) is 22.1. The van der Waals surface area contributed by atoms with Crippen LogP contribution in [0.5, 0.6) is 5.75 Å². The summed E-state index contributed by atoms with van der Waals surface area (Å²) in [6, 6.07) is 19.1. The number of rotatable bonds is 5. The van der Waals surface area contributed by atoms with Crippen LogP contribution in [0.2, 0.25) is 0 Å². The first-order chi connectivity index (χ1) is 15.6. The van der Waals surface area contributed by atoms with Gasteiger partial charge in [-0.1, -0.05) is 47.6 Å². The Kier molecular flexibility index (Phi) is 5.18. The van der Waals surface area contributed by atoms with Crippen molar-refractivity contribution in [2.75, 3.05) is 13.1 Å². The first kappa shape index (κ1) is 20.0. The lowest BCUT2D eigenvalue weighted by Gasteiger charge is -2.17. The van der Waals surface area contributed by atoms with E-state index in [1.807, 2.05) is 74.6 Å². The molecule has 1 atom stereocenters. The van der Waals surface area contributed by atoms with Crippen LogP contribution in [0.1, 0.15) is 22.6 Å². The predicted octanol–water partition coefficient (Wildman–Crippen LogP) is 3.74. The van der Waals surface area contributed by atoms with Crippen molar-refractivity contribution < 1.29 is 14.1 Å². The van der Waals surface area contributed by atoms with Crippen LogP contribution >= 0.6 is 0 Å². The van der Waals surface area contributed by atoms with E-state index in [1.165, 1.54) is 0 Å². The summed E-state index contributed by atoms with van der Waals surface area (Å²) in [7, 11) is 1.83. The maximum atomic E-state index is 12.8. The van der Waals surface area contributed by atoms with Crippen LogP contribution in [0.4, 0.5) is 0 Å². The molecule has 1 saturated heterocycles. The molecular weight excluding hydrogens is 406 g/mol. The average molecular weight is 429 g/mol. The summed E-state index contributed by atoms with van der Waals surface area (Å²) < 4.78 is 13.5. The molecule has 2 aromatic heterocycles. The van der Waals surface area contributed by atoms with E-state index < -0.39 is 0 Å². The number of aryl methyl sites for hydroxylation is 2. The van der Waals surface area contributed by atoms with E-state index in [1.54, 1.807) is 9.58 Å². The zero-order valence-electron chi connectivity index (χ0n) is 17.9. The molecule has 0 N–H and O–H groups in total. The maximum Gasteiger partial charge on any atom is 0.274 e.